The molecule has 0 saturated heterocycles. The van der Waals surface area contributed by atoms with E-state index in [0.717, 1.165) is 0 Å². The number of carbonyl (C=O) groups excluding carboxylic acids is 3. The smallest absolute Gasteiger partial charge is 0.253 e. The summed E-state index contributed by atoms with van der Waals surface area (Å²) < 4.78 is 0. The van der Waals surface area contributed by atoms with Crippen molar-refractivity contribution in [2.45, 2.75) is 6.92 Å². The van der Waals surface area contributed by atoms with Gasteiger partial charge in [0.05, 0.1) is 0 Å². The molecular weight excluding hydrogens is 220 g/mol. The normalized spacial score (nSPS) is 9.82. The van der Waals surface area contributed by atoms with Gasteiger partial charge in [-0.3, -0.25) is 14.4 Å². The summed E-state index contributed by atoms with van der Waals surface area (Å²) in [7, 11) is 3.18. The second kappa shape index (κ2) is 4.78. The fourth-order valence-corrected chi connectivity index (χ4v) is 1.35. The highest BCUT2D eigenvalue weighted by molar-refractivity contribution is 6.04. The maximum atomic E-state index is 11.8. The number of carbonyl (C=O) groups is 3. The Labute approximate surface area is 99.2 Å². The minimum absolute atomic E-state index is 0.155. The first kappa shape index (κ1) is 12.9. The molecule has 0 bridgehead atoms. The molecular formula is C12H14N2O3. The fraction of sp³-hybridized carbons (Fsp3) is 0.250. The summed E-state index contributed by atoms with van der Waals surface area (Å²) in [4.78, 5) is 35.5. The standard InChI is InChI=1S/C12H14N2O3/c1-7(15)8-4-9(11(13)16)6-10(5-8)12(17)14(2)3/h4-6H,1-3H3,(H2,13,16). The van der Waals surface area contributed by atoms with Crippen LogP contribution in [-0.2, 0) is 0 Å². The van der Waals surface area contributed by atoms with E-state index in [-0.39, 0.29) is 22.8 Å². The van der Waals surface area contributed by atoms with Gasteiger partial charge in [-0.15, -0.1) is 0 Å². The Bertz CT molecular complexity index is 460. The maximum absolute atomic E-state index is 11.8. The number of nitrogens with two attached hydrogens (primary N) is 1. The van der Waals surface area contributed by atoms with Crippen molar-refractivity contribution < 1.29 is 14.4 Å². The van der Waals surface area contributed by atoms with Crippen LogP contribution in [0.2, 0.25) is 0 Å². The molecule has 2 amide bonds. The van der Waals surface area contributed by atoms with E-state index in [1.54, 1.807) is 14.1 Å². The number of primary amides is 1. The minimum atomic E-state index is -0.666. The van der Waals surface area contributed by atoms with Gasteiger partial charge in [0.1, 0.15) is 0 Å². The highest BCUT2D eigenvalue weighted by Gasteiger charge is 2.14. The lowest BCUT2D eigenvalue weighted by atomic mass is 10.0. The molecule has 17 heavy (non-hydrogen) atoms. The van der Waals surface area contributed by atoms with Crippen LogP contribution in [0.15, 0.2) is 18.2 Å². The summed E-state index contributed by atoms with van der Waals surface area (Å²) in [5.41, 5.74) is 5.88. The molecule has 0 fully saturated rings. The molecule has 1 aromatic carbocycles. The first-order valence-electron chi connectivity index (χ1n) is 5.00. The number of hydrogen-bond acceptors (Lipinski definition) is 3. The maximum Gasteiger partial charge on any atom is 0.253 e. The van der Waals surface area contributed by atoms with E-state index in [1.807, 2.05) is 0 Å². The van der Waals surface area contributed by atoms with Gasteiger partial charge >= 0.3 is 0 Å². The van der Waals surface area contributed by atoms with Crippen LogP contribution in [0, 0.1) is 0 Å². The number of rotatable bonds is 3. The van der Waals surface area contributed by atoms with E-state index < -0.39 is 5.91 Å². The molecule has 0 radical (unpaired) electrons. The van der Waals surface area contributed by atoms with Crippen molar-refractivity contribution in [1.82, 2.24) is 4.90 Å². The number of hydrogen-bond donors (Lipinski definition) is 1. The number of benzene rings is 1. The second-order valence-corrected chi connectivity index (χ2v) is 3.92. The molecule has 5 nitrogen and oxygen atoms in total. The van der Waals surface area contributed by atoms with E-state index in [1.165, 1.54) is 30.0 Å². The van der Waals surface area contributed by atoms with Crippen LogP contribution in [-0.4, -0.2) is 36.6 Å². The first-order valence-corrected chi connectivity index (χ1v) is 5.00. The van der Waals surface area contributed by atoms with E-state index in [2.05, 4.69) is 0 Å². The monoisotopic (exact) mass is 234 g/mol. The molecule has 0 saturated carbocycles. The van der Waals surface area contributed by atoms with E-state index in [4.69, 9.17) is 5.73 Å². The van der Waals surface area contributed by atoms with Crippen molar-refractivity contribution in [3.63, 3.8) is 0 Å². The van der Waals surface area contributed by atoms with Crippen molar-refractivity contribution in [3.05, 3.63) is 34.9 Å². The van der Waals surface area contributed by atoms with Crippen molar-refractivity contribution in [2.24, 2.45) is 5.73 Å². The summed E-state index contributed by atoms with van der Waals surface area (Å²) in [5, 5.41) is 0. The minimum Gasteiger partial charge on any atom is -0.366 e. The highest BCUT2D eigenvalue weighted by Crippen LogP contribution is 2.12. The van der Waals surface area contributed by atoms with Crippen LogP contribution in [0.5, 0.6) is 0 Å². The van der Waals surface area contributed by atoms with Gasteiger partial charge in [-0.2, -0.15) is 0 Å². The molecule has 1 aromatic rings. The van der Waals surface area contributed by atoms with Gasteiger partial charge in [-0.25, -0.2) is 0 Å². The Morgan fingerprint density at radius 3 is 1.88 bits per heavy atom. The van der Waals surface area contributed by atoms with Crippen LogP contribution in [0.25, 0.3) is 0 Å². The quantitative estimate of drug-likeness (QED) is 0.781. The van der Waals surface area contributed by atoms with Gasteiger partial charge in [0.15, 0.2) is 5.78 Å². The van der Waals surface area contributed by atoms with Crippen LogP contribution in [0.1, 0.15) is 38.0 Å². The third-order valence-electron chi connectivity index (χ3n) is 2.28. The Morgan fingerprint density at radius 2 is 1.47 bits per heavy atom. The average molecular weight is 234 g/mol. The Kier molecular flexibility index (Phi) is 3.62. The Morgan fingerprint density at radius 1 is 1.00 bits per heavy atom. The molecule has 0 atom stereocenters. The average Bonchev–Trinajstić information content (AvgIpc) is 2.27. The largest absolute Gasteiger partial charge is 0.366 e. The molecule has 5 heteroatoms. The van der Waals surface area contributed by atoms with Gasteiger partial charge in [0.2, 0.25) is 5.91 Å². The summed E-state index contributed by atoms with van der Waals surface area (Å²) in [6.07, 6.45) is 0. The van der Waals surface area contributed by atoms with Crippen molar-refractivity contribution in [1.29, 1.82) is 0 Å². The lowest BCUT2D eigenvalue weighted by Crippen LogP contribution is -2.23. The highest BCUT2D eigenvalue weighted by atomic mass is 16.2. The van der Waals surface area contributed by atoms with Gasteiger partial charge in [0.25, 0.3) is 5.91 Å². The second-order valence-electron chi connectivity index (χ2n) is 3.92. The van der Waals surface area contributed by atoms with Gasteiger partial charge in [-0.1, -0.05) is 0 Å². The van der Waals surface area contributed by atoms with E-state index in [9.17, 15) is 14.4 Å². The molecule has 2 N–H and O–H groups in total. The molecule has 0 aliphatic carbocycles. The van der Waals surface area contributed by atoms with Crippen molar-refractivity contribution >= 4 is 17.6 Å². The van der Waals surface area contributed by atoms with Gasteiger partial charge < -0.3 is 10.6 Å². The topological polar surface area (TPSA) is 80.5 Å². The number of ketones is 1. The lowest BCUT2D eigenvalue weighted by molar-refractivity contribution is 0.0827. The molecule has 0 heterocycles. The van der Waals surface area contributed by atoms with Crippen LogP contribution < -0.4 is 5.73 Å². The summed E-state index contributed by atoms with van der Waals surface area (Å²) in [6, 6.07) is 4.23. The number of nitrogens with zero attached hydrogens (tertiary/aromatic N) is 1. The van der Waals surface area contributed by atoms with Crippen molar-refractivity contribution in [2.75, 3.05) is 14.1 Å². The molecule has 0 unspecified atom stereocenters. The van der Waals surface area contributed by atoms with Crippen LogP contribution in [0.4, 0.5) is 0 Å². The zero-order valence-corrected chi connectivity index (χ0v) is 9.98. The number of Topliss-reactive ketones (excluding diaryl/α,β-unsaturated/α-hetero) is 1. The molecule has 0 aromatic heterocycles. The van der Waals surface area contributed by atoms with Crippen molar-refractivity contribution in [3.8, 4) is 0 Å². The van der Waals surface area contributed by atoms with Crippen LogP contribution in [0.3, 0.4) is 0 Å². The van der Waals surface area contributed by atoms with Gasteiger partial charge in [-0.05, 0) is 25.1 Å². The lowest BCUT2D eigenvalue weighted by Gasteiger charge is -2.11. The summed E-state index contributed by atoms with van der Waals surface area (Å²) in [5.74, 6) is -1.17. The SMILES string of the molecule is CC(=O)c1cc(C(N)=O)cc(C(=O)N(C)C)c1. The van der Waals surface area contributed by atoms with E-state index in [0.29, 0.717) is 5.56 Å². The van der Waals surface area contributed by atoms with E-state index >= 15 is 0 Å². The number of amides is 2. The predicted octanol–water partition coefficient (Wildman–Crippen LogP) is 0.690. The first-order chi connectivity index (χ1) is 7.82. The van der Waals surface area contributed by atoms with Crippen LogP contribution >= 0.6 is 0 Å². The summed E-state index contributed by atoms with van der Waals surface area (Å²) in [6.45, 7) is 1.37. The third kappa shape index (κ3) is 2.90. The summed E-state index contributed by atoms with van der Waals surface area (Å²) >= 11 is 0. The third-order valence-corrected chi connectivity index (χ3v) is 2.28. The zero-order valence-electron chi connectivity index (χ0n) is 9.98. The fourth-order valence-electron chi connectivity index (χ4n) is 1.35. The molecule has 0 aliphatic heterocycles. The van der Waals surface area contributed by atoms with Gasteiger partial charge in [0, 0.05) is 30.8 Å². The molecule has 0 aliphatic rings. The molecule has 0 spiro atoms. The Balaban J connectivity index is 3.36. The molecule has 1 rings (SSSR count). The molecule has 90 valence electrons. The predicted molar refractivity (Wildman–Crippen MR) is 63.0 cm³/mol. The zero-order chi connectivity index (χ0) is 13.2. The Hall–Kier alpha value is -2.17.